The molecule has 0 unspecified atom stereocenters. The molecule has 0 saturated heterocycles. The summed E-state index contributed by atoms with van der Waals surface area (Å²) < 4.78 is 3.00. The fraction of sp³-hybridized carbons (Fsp3) is 0.222. The Morgan fingerprint density at radius 2 is 1.85 bits per heavy atom. The van der Waals surface area contributed by atoms with E-state index in [1.54, 1.807) is 4.68 Å². The number of carbonyl (C=O) groups excluding carboxylic acids is 1. The van der Waals surface area contributed by atoms with Crippen LogP contribution in [-0.2, 0) is 17.9 Å². The van der Waals surface area contributed by atoms with E-state index >= 15 is 0 Å². The molecular formula is C18H18ClN5O3. The Hall–Kier alpha value is -3.13. The lowest BCUT2D eigenvalue weighted by Gasteiger charge is -2.07. The highest BCUT2D eigenvalue weighted by atomic mass is 35.5. The van der Waals surface area contributed by atoms with Crippen molar-refractivity contribution in [2.24, 2.45) is 0 Å². The van der Waals surface area contributed by atoms with E-state index in [-0.39, 0.29) is 12.2 Å². The number of carboxylic acids is 1. The first-order valence-electron chi connectivity index (χ1n) is 8.18. The molecule has 2 aromatic heterocycles. The number of amides is 1. The molecule has 0 saturated carbocycles. The largest absolute Gasteiger partial charge is 0.480 e. The number of hydrogen-bond acceptors (Lipinski definition) is 4. The van der Waals surface area contributed by atoms with Gasteiger partial charge in [-0.05, 0) is 37.6 Å². The lowest BCUT2D eigenvalue weighted by molar-refractivity contribution is -0.137. The van der Waals surface area contributed by atoms with Gasteiger partial charge in [0.15, 0.2) is 5.69 Å². The number of halogens is 1. The van der Waals surface area contributed by atoms with Crippen LogP contribution in [0.15, 0.2) is 36.5 Å². The summed E-state index contributed by atoms with van der Waals surface area (Å²) in [5.41, 5.74) is 3.28. The van der Waals surface area contributed by atoms with E-state index in [9.17, 15) is 9.59 Å². The van der Waals surface area contributed by atoms with Crippen LogP contribution in [0.4, 0.5) is 5.69 Å². The summed E-state index contributed by atoms with van der Waals surface area (Å²) in [5.74, 6) is -1.45. The maximum Gasteiger partial charge on any atom is 0.325 e. The first-order valence-corrected chi connectivity index (χ1v) is 8.56. The second kappa shape index (κ2) is 7.63. The minimum Gasteiger partial charge on any atom is -0.480 e. The summed E-state index contributed by atoms with van der Waals surface area (Å²) >= 11 is 5.91. The van der Waals surface area contributed by atoms with Gasteiger partial charge in [-0.2, -0.15) is 10.2 Å². The molecule has 0 aliphatic carbocycles. The van der Waals surface area contributed by atoms with Crippen LogP contribution in [0.25, 0.3) is 0 Å². The SMILES string of the molecule is Cc1nn(Cc2ccc(Cl)cc2)c(C)c1NC(=O)c1ccn(CC(=O)O)n1. The molecule has 1 amide bonds. The van der Waals surface area contributed by atoms with Gasteiger partial charge < -0.3 is 10.4 Å². The Bertz CT molecular complexity index is 991. The van der Waals surface area contributed by atoms with Gasteiger partial charge in [-0.1, -0.05) is 23.7 Å². The zero-order valence-electron chi connectivity index (χ0n) is 14.8. The van der Waals surface area contributed by atoms with Gasteiger partial charge >= 0.3 is 5.97 Å². The number of anilines is 1. The highest BCUT2D eigenvalue weighted by Crippen LogP contribution is 2.21. The molecule has 0 aliphatic rings. The van der Waals surface area contributed by atoms with E-state index in [1.807, 2.05) is 38.1 Å². The number of rotatable bonds is 6. The predicted octanol–water partition coefficient (Wildman–Crippen LogP) is 2.74. The van der Waals surface area contributed by atoms with Crippen LogP contribution in [0.1, 0.15) is 27.4 Å². The lowest BCUT2D eigenvalue weighted by atomic mass is 10.2. The molecule has 3 aromatic rings. The maximum absolute atomic E-state index is 12.4. The van der Waals surface area contributed by atoms with Crippen LogP contribution >= 0.6 is 11.6 Å². The highest BCUT2D eigenvalue weighted by molar-refractivity contribution is 6.30. The van der Waals surface area contributed by atoms with Gasteiger partial charge in [0.05, 0.1) is 23.6 Å². The van der Waals surface area contributed by atoms with E-state index < -0.39 is 11.9 Å². The Labute approximate surface area is 160 Å². The standard InChI is InChI=1S/C18H18ClN5O3/c1-11-17(20-18(27)15-7-8-23(22-15)10-16(25)26)12(2)24(21-11)9-13-3-5-14(19)6-4-13/h3-8H,9-10H2,1-2H3,(H,20,27)(H,25,26). The molecule has 1 aromatic carbocycles. The Morgan fingerprint density at radius 1 is 1.15 bits per heavy atom. The van der Waals surface area contributed by atoms with Crippen molar-refractivity contribution in [2.75, 3.05) is 5.32 Å². The third-order valence-electron chi connectivity index (χ3n) is 4.04. The maximum atomic E-state index is 12.4. The van der Waals surface area contributed by atoms with Crippen molar-refractivity contribution in [1.82, 2.24) is 19.6 Å². The molecular weight excluding hydrogens is 370 g/mol. The second-order valence-corrected chi connectivity index (χ2v) is 6.51. The van der Waals surface area contributed by atoms with E-state index in [4.69, 9.17) is 16.7 Å². The van der Waals surface area contributed by atoms with Crippen LogP contribution in [0.2, 0.25) is 5.02 Å². The Morgan fingerprint density at radius 3 is 2.52 bits per heavy atom. The van der Waals surface area contributed by atoms with Crippen molar-refractivity contribution in [3.05, 3.63) is 64.2 Å². The van der Waals surface area contributed by atoms with Crippen molar-refractivity contribution in [2.45, 2.75) is 26.9 Å². The molecule has 8 nitrogen and oxygen atoms in total. The number of carbonyl (C=O) groups is 2. The van der Waals surface area contributed by atoms with Gasteiger partial charge in [0.2, 0.25) is 0 Å². The Kier molecular flexibility index (Phi) is 5.27. The number of nitrogens with one attached hydrogen (secondary N) is 1. The van der Waals surface area contributed by atoms with Gasteiger partial charge in [-0.3, -0.25) is 19.0 Å². The number of nitrogens with zero attached hydrogens (tertiary/aromatic N) is 4. The smallest absolute Gasteiger partial charge is 0.325 e. The molecule has 0 aliphatic heterocycles. The summed E-state index contributed by atoms with van der Waals surface area (Å²) in [5, 5.41) is 20.7. The average molecular weight is 388 g/mol. The number of aryl methyl sites for hydroxylation is 1. The minimum absolute atomic E-state index is 0.139. The van der Waals surface area contributed by atoms with E-state index in [0.29, 0.717) is 22.9 Å². The molecule has 2 heterocycles. The van der Waals surface area contributed by atoms with E-state index in [0.717, 1.165) is 11.3 Å². The molecule has 2 N–H and O–H groups in total. The van der Waals surface area contributed by atoms with Crippen LogP contribution in [0.3, 0.4) is 0 Å². The molecule has 27 heavy (non-hydrogen) atoms. The summed E-state index contributed by atoms with van der Waals surface area (Å²) in [6.45, 7) is 3.93. The normalized spacial score (nSPS) is 10.8. The lowest BCUT2D eigenvalue weighted by Crippen LogP contribution is -2.16. The van der Waals surface area contributed by atoms with Crippen molar-refractivity contribution in [1.29, 1.82) is 0 Å². The predicted molar refractivity (Wildman–Crippen MR) is 100 cm³/mol. The topological polar surface area (TPSA) is 102 Å². The molecule has 140 valence electrons. The molecule has 0 spiro atoms. The summed E-state index contributed by atoms with van der Waals surface area (Å²) in [6, 6.07) is 8.96. The number of aliphatic carboxylic acids is 1. The first-order chi connectivity index (χ1) is 12.8. The van der Waals surface area contributed by atoms with Gasteiger partial charge in [0, 0.05) is 11.2 Å². The molecule has 9 heteroatoms. The zero-order valence-corrected chi connectivity index (χ0v) is 15.6. The summed E-state index contributed by atoms with van der Waals surface area (Å²) in [7, 11) is 0. The molecule has 0 atom stereocenters. The number of carboxylic acid groups (broad SMARTS) is 1. The minimum atomic E-state index is -1.03. The van der Waals surface area contributed by atoms with E-state index in [2.05, 4.69) is 15.5 Å². The van der Waals surface area contributed by atoms with Gasteiger partial charge in [0.25, 0.3) is 5.91 Å². The summed E-state index contributed by atoms with van der Waals surface area (Å²) in [4.78, 5) is 23.2. The Balaban J connectivity index is 1.76. The number of benzene rings is 1. The third kappa shape index (κ3) is 4.35. The number of hydrogen-bond donors (Lipinski definition) is 2. The quantitative estimate of drug-likeness (QED) is 0.677. The van der Waals surface area contributed by atoms with Gasteiger partial charge in [0.1, 0.15) is 6.54 Å². The van der Waals surface area contributed by atoms with Gasteiger partial charge in [-0.15, -0.1) is 0 Å². The highest BCUT2D eigenvalue weighted by Gasteiger charge is 2.17. The van der Waals surface area contributed by atoms with Crippen LogP contribution in [-0.4, -0.2) is 36.5 Å². The zero-order chi connectivity index (χ0) is 19.6. The van der Waals surface area contributed by atoms with Gasteiger partial charge in [-0.25, -0.2) is 0 Å². The van der Waals surface area contributed by atoms with Crippen molar-refractivity contribution < 1.29 is 14.7 Å². The molecule has 0 bridgehead atoms. The van der Waals surface area contributed by atoms with Crippen molar-refractivity contribution in [3.63, 3.8) is 0 Å². The van der Waals surface area contributed by atoms with Crippen LogP contribution < -0.4 is 5.32 Å². The van der Waals surface area contributed by atoms with Crippen molar-refractivity contribution in [3.8, 4) is 0 Å². The fourth-order valence-electron chi connectivity index (χ4n) is 2.68. The van der Waals surface area contributed by atoms with Crippen molar-refractivity contribution >= 4 is 29.2 Å². The second-order valence-electron chi connectivity index (χ2n) is 6.08. The average Bonchev–Trinajstić information content (AvgIpc) is 3.17. The molecule has 3 rings (SSSR count). The van der Waals surface area contributed by atoms with Crippen LogP contribution in [0, 0.1) is 13.8 Å². The third-order valence-corrected chi connectivity index (χ3v) is 4.29. The first kappa shape index (κ1) is 18.7. The summed E-state index contributed by atoms with van der Waals surface area (Å²) in [6.07, 6.45) is 1.45. The molecule has 0 fully saturated rings. The fourth-order valence-corrected chi connectivity index (χ4v) is 2.81. The van der Waals surface area contributed by atoms with E-state index in [1.165, 1.54) is 16.9 Å². The molecule has 0 radical (unpaired) electrons. The number of aromatic nitrogens is 4. The monoisotopic (exact) mass is 387 g/mol. The van der Waals surface area contributed by atoms with Crippen LogP contribution in [0.5, 0.6) is 0 Å².